The summed E-state index contributed by atoms with van der Waals surface area (Å²) in [6.07, 6.45) is 3.81. The van der Waals surface area contributed by atoms with Gasteiger partial charge in [0.25, 0.3) is 0 Å². The topological polar surface area (TPSA) is 94.2 Å². The van der Waals surface area contributed by atoms with Crippen molar-refractivity contribution in [1.29, 1.82) is 0 Å². The highest BCUT2D eigenvalue weighted by atomic mass is 32.1. The van der Waals surface area contributed by atoms with E-state index in [-0.39, 0.29) is 23.0 Å². The Morgan fingerprint density at radius 3 is 2.30 bits per heavy atom. The van der Waals surface area contributed by atoms with Crippen LogP contribution in [0.15, 0.2) is 84.4 Å². The SMILES string of the molecule is COc1cc(C(=O)[C@@H]2[C@H](C(=O)c3cccs3)N3C=Cc4ccccc4[C@@H]3[C@]23C(=O)Nc2ccccc23)cc(OC)c1OC. The number of hydrogen-bond acceptors (Lipinski definition) is 8. The van der Waals surface area contributed by atoms with Crippen LogP contribution < -0.4 is 19.5 Å². The highest BCUT2D eigenvalue weighted by Gasteiger charge is 2.70. The van der Waals surface area contributed by atoms with Gasteiger partial charge in [-0.15, -0.1) is 11.3 Å². The second-order valence-corrected chi connectivity index (χ2v) is 11.7. The number of thiophene rings is 1. The van der Waals surface area contributed by atoms with Crippen LogP contribution in [0.4, 0.5) is 5.69 Å². The van der Waals surface area contributed by atoms with Gasteiger partial charge in [0.05, 0.1) is 38.2 Å². The molecule has 1 spiro atoms. The Labute approximate surface area is 252 Å². The Bertz CT molecular complexity index is 1790. The van der Waals surface area contributed by atoms with E-state index in [0.717, 1.165) is 11.1 Å². The van der Waals surface area contributed by atoms with E-state index >= 15 is 4.79 Å². The smallest absolute Gasteiger partial charge is 0.238 e. The number of para-hydroxylation sites is 1. The summed E-state index contributed by atoms with van der Waals surface area (Å²) < 4.78 is 16.7. The van der Waals surface area contributed by atoms with Crippen LogP contribution in [0.5, 0.6) is 17.2 Å². The van der Waals surface area contributed by atoms with Crippen molar-refractivity contribution in [2.45, 2.75) is 17.5 Å². The molecule has 1 N–H and O–H groups in total. The van der Waals surface area contributed by atoms with E-state index in [0.29, 0.717) is 33.4 Å². The van der Waals surface area contributed by atoms with Gasteiger partial charge in [-0.3, -0.25) is 14.4 Å². The quantitative estimate of drug-likeness (QED) is 0.273. The highest BCUT2D eigenvalue weighted by molar-refractivity contribution is 7.12. The van der Waals surface area contributed by atoms with Gasteiger partial charge in [-0.05, 0) is 52.4 Å². The molecule has 0 unspecified atom stereocenters. The van der Waals surface area contributed by atoms with Gasteiger partial charge in [0.15, 0.2) is 23.1 Å². The Morgan fingerprint density at radius 1 is 0.884 bits per heavy atom. The molecule has 4 heterocycles. The van der Waals surface area contributed by atoms with Crippen molar-refractivity contribution in [1.82, 2.24) is 4.90 Å². The second-order valence-electron chi connectivity index (χ2n) is 10.7. The molecule has 1 aromatic heterocycles. The van der Waals surface area contributed by atoms with E-state index in [1.54, 1.807) is 18.2 Å². The predicted molar refractivity (Wildman–Crippen MR) is 163 cm³/mol. The molecule has 1 amide bonds. The number of ketones is 2. The fraction of sp³-hybridized carbons (Fsp3) is 0.206. The maximum absolute atomic E-state index is 15.1. The number of hydrogen-bond donors (Lipinski definition) is 1. The molecule has 7 rings (SSSR count). The maximum atomic E-state index is 15.1. The van der Waals surface area contributed by atoms with Crippen molar-refractivity contribution in [2.75, 3.05) is 26.6 Å². The standard InChI is InChI=1S/C34H28N2O6S/c1-40-24-17-20(18-25(41-2)31(24)42-3)29(37)27-28(30(38)26-13-8-16-43-26)36-15-14-19-9-4-5-10-21(19)32(36)34(27)22-11-6-7-12-23(22)35-33(34)39/h4-18,27-28,32H,1-3H3,(H,35,39)/t27-,28+,32+,34+/m0/s1. The molecule has 4 atom stereocenters. The van der Waals surface area contributed by atoms with Crippen LogP contribution in [-0.4, -0.2) is 49.7 Å². The molecule has 0 radical (unpaired) electrons. The van der Waals surface area contributed by atoms with Crippen LogP contribution in [-0.2, 0) is 10.2 Å². The Balaban J connectivity index is 1.54. The number of ether oxygens (including phenoxy) is 3. The first-order valence-electron chi connectivity index (χ1n) is 13.8. The molecular formula is C34H28N2O6S. The molecule has 3 aliphatic rings. The van der Waals surface area contributed by atoms with E-state index in [1.165, 1.54) is 32.7 Å². The number of anilines is 1. The molecule has 43 heavy (non-hydrogen) atoms. The van der Waals surface area contributed by atoms with Gasteiger partial charge in [0, 0.05) is 17.5 Å². The van der Waals surface area contributed by atoms with Crippen LogP contribution in [0.3, 0.4) is 0 Å². The number of Topliss-reactive ketones (excluding diaryl/α,β-unsaturated/α-hetero) is 2. The van der Waals surface area contributed by atoms with Crippen molar-refractivity contribution in [3.05, 3.63) is 112 Å². The third kappa shape index (κ3) is 3.71. The van der Waals surface area contributed by atoms with E-state index in [2.05, 4.69) is 5.32 Å². The zero-order valence-electron chi connectivity index (χ0n) is 23.7. The van der Waals surface area contributed by atoms with Crippen molar-refractivity contribution >= 4 is 40.6 Å². The summed E-state index contributed by atoms with van der Waals surface area (Å²) in [4.78, 5) is 46.6. The molecule has 9 heteroatoms. The number of nitrogens with zero attached hydrogens (tertiary/aromatic N) is 1. The lowest BCUT2D eigenvalue weighted by Gasteiger charge is -2.38. The summed E-state index contributed by atoms with van der Waals surface area (Å²) in [5.41, 5.74) is 1.95. The van der Waals surface area contributed by atoms with Gasteiger partial charge in [-0.1, -0.05) is 48.5 Å². The molecule has 0 aliphatic carbocycles. The zero-order chi connectivity index (χ0) is 29.9. The average Bonchev–Trinajstić information content (AvgIpc) is 3.76. The normalized spacial score (nSPS) is 22.9. The van der Waals surface area contributed by atoms with Crippen LogP contribution in [0.2, 0.25) is 0 Å². The number of carbonyl (C=O) groups is 3. The van der Waals surface area contributed by atoms with Gasteiger partial charge >= 0.3 is 0 Å². The minimum atomic E-state index is -1.42. The minimum Gasteiger partial charge on any atom is -0.493 e. The lowest BCUT2D eigenvalue weighted by molar-refractivity contribution is -0.122. The third-order valence-corrected chi connectivity index (χ3v) is 9.72. The fourth-order valence-electron chi connectivity index (χ4n) is 7.14. The number of amides is 1. The van der Waals surface area contributed by atoms with Crippen LogP contribution in [0.25, 0.3) is 6.08 Å². The average molecular weight is 593 g/mol. The molecule has 3 aromatic carbocycles. The monoisotopic (exact) mass is 592 g/mol. The van der Waals surface area contributed by atoms with E-state index in [9.17, 15) is 9.59 Å². The summed E-state index contributed by atoms with van der Waals surface area (Å²) in [5.74, 6) is -1.07. The van der Waals surface area contributed by atoms with E-state index in [1.807, 2.05) is 77.2 Å². The van der Waals surface area contributed by atoms with Crippen molar-refractivity contribution in [2.24, 2.45) is 5.92 Å². The lowest BCUT2D eigenvalue weighted by atomic mass is 9.62. The van der Waals surface area contributed by atoms with Gasteiger partial charge < -0.3 is 24.4 Å². The maximum Gasteiger partial charge on any atom is 0.238 e. The first-order valence-corrected chi connectivity index (χ1v) is 14.7. The molecule has 0 bridgehead atoms. The zero-order valence-corrected chi connectivity index (χ0v) is 24.5. The van der Waals surface area contributed by atoms with Gasteiger partial charge in [-0.2, -0.15) is 0 Å². The summed E-state index contributed by atoms with van der Waals surface area (Å²) in [6, 6.07) is 20.4. The van der Waals surface area contributed by atoms with Crippen LogP contribution >= 0.6 is 11.3 Å². The first-order chi connectivity index (χ1) is 20.9. The summed E-state index contributed by atoms with van der Waals surface area (Å²) >= 11 is 1.32. The molecule has 1 fully saturated rings. The summed E-state index contributed by atoms with van der Waals surface area (Å²) in [7, 11) is 4.45. The van der Waals surface area contributed by atoms with Crippen LogP contribution in [0.1, 0.15) is 42.8 Å². The number of rotatable bonds is 7. The first kappa shape index (κ1) is 27.0. The van der Waals surface area contributed by atoms with Gasteiger partial charge in [-0.25, -0.2) is 0 Å². The van der Waals surface area contributed by atoms with E-state index in [4.69, 9.17) is 14.2 Å². The van der Waals surface area contributed by atoms with Crippen LogP contribution in [0, 0.1) is 5.92 Å². The molecule has 216 valence electrons. The summed E-state index contributed by atoms with van der Waals surface area (Å²) in [5, 5.41) is 4.91. The Hall–Kier alpha value is -4.89. The number of methoxy groups -OCH3 is 3. The number of nitrogens with one attached hydrogen (secondary N) is 1. The molecule has 4 aromatic rings. The molecule has 3 aliphatic heterocycles. The second kappa shape index (κ2) is 10.1. The minimum absolute atomic E-state index is 0.219. The molecule has 8 nitrogen and oxygen atoms in total. The predicted octanol–water partition coefficient (Wildman–Crippen LogP) is 5.76. The third-order valence-electron chi connectivity index (χ3n) is 8.83. The summed E-state index contributed by atoms with van der Waals surface area (Å²) in [6.45, 7) is 0. The fourth-order valence-corrected chi connectivity index (χ4v) is 7.83. The lowest BCUT2D eigenvalue weighted by Crippen LogP contribution is -2.49. The molecular weight excluding hydrogens is 564 g/mol. The molecule has 1 saturated heterocycles. The number of fused-ring (bicyclic) bond motifs is 6. The Kier molecular flexibility index (Phi) is 6.36. The van der Waals surface area contributed by atoms with Crippen molar-refractivity contribution in [3.63, 3.8) is 0 Å². The van der Waals surface area contributed by atoms with Crippen molar-refractivity contribution in [3.8, 4) is 17.2 Å². The number of carbonyl (C=O) groups excluding carboxylic acids is 3. The number of benzene rings is 3. The van der Waals surface area contributed by atoms with Crippen molar-refractivity contribution < 1.29 is 28.6 Å². The van der Waals surface area contributed by atoms with Gasteiger partial charge in [0.1, 0.15) is 11.5 Å². The highest BCUT2D eigenvalue weighted by Crippen LogP contribution is 2.62. The van der Waals surface area contributed by atoms with Gasteiger partial charge in [0.2, 0.25) is 11.7 Å². The Morgan fingerprint density at radius 2 is 1.60 bits per heavy atom. The molecule has 0 saturated carbocycles. The van der Waals surface area contributed by atoms with E-state index < -0.39 is 23.4 Å². The largest absolute Gasteiger partial charge is 0.493 e.